The maximum Gasteiger partial charge on any atom is 0.251 e. The number of nitrogens with zero attached hydrogens (tertiary/aromatic N) is 2. The topological polar surface area (TPSA) is 113 Å². The quantitative estimate of drug-likeness (QED) is 0.376. The van der Waals surface area contributed by atoms with Crippen molar-refractivity contribution in [3.05, 3.63) is 84.2 Å². The molecule has 3 N–H and O–H groups in total. The van der Waals surface area contributed by atoms with Gasteiger partial charge in [0.1, 0.15) is 0 Å². The van der Waals surface area contributed by atoms with Crippen molar-refractivity contribution >= 4 is 27.4 Å². The summed E-state index contributed by atoms with van der Waals surface area (Å²) in [5, 5.41) is 9.02. The van der Waals surface area contributed by atoms with E-state index in [1.54, 1.807) is 43.7 Å². The zero-order chi connectivity index (χ0) is 23.0. The van der Waals surface area contributed by atoms with Crippen LogP contribution < -0.4 is 16.0 Å². The zero-order valence-electron chi connectivity index (χ0n) is 17.9. The third kappa shape index (κ3) is 5.70. The second-order valence-electron chi connectivity index (χ2n) is 6.82. The Labute approximate surface area is 187 Å². The molecule has 0 atom stereocenters. The highest BCUT2D eigenvalue weighted by molar-refractivity contribution is 7.91. The molecule has 3 rings (SSSR count). The zero-order valence-corrected chi connectivity index (χ0v) is 18.7. The molecule has 1 aromatic heterocycles. The third-order valence-corrected chi connectivity index (χ3v) is 6.41. The number of carbonyl (C=O) groups excluding carboxylic acids is 1. The fraction of sp³-hybridized carbons (Fsp3) is 0.174. The molecule has 0 aliphatic rings. The minimum absolute atomic E-state index is 0.137. The van der Waals surface area contributed by atoms with Gasteiger partial charge in [0.2, 0.25) is 9.84 Å². The van der Waals surface area contributed by atoms with E-state index in [2.05, 4.69) is 25.9 Å². The Hall–Kier alpha value is -3.72. The normalized spacial score (nSPS) is 11.6. The van der Waals surface area contributed by atoms with Gasteiger partial charge in [-0.1, -0.05) is 12.1 Å². The van der Waals surface area contributed by atoms with Crippen LogP contribution in [0.15, 0.2) is 87.8 Å². The average molecular weight is 452 g/mol. The van der Waals surface area contributed by atoms with E-state index in [1.165, 1.54) is 24.3 Å². The monoisotopic (exact) mass is 451 g/mol. The SMILES string of the molecule is CCNC(=O)c1ccc(S(=O)(=O)c2ccc(CN/C(=N\C)Nc3ccncc3)cc2)cc1. The Kier molecular flexibility index (Phi) is 7.56. The molecule has 1 heterocycles. The van der Waals surface area contributed by atoms with Gasteiger partial charge >= 0.3 is 0 Å². The van der Waals surface area contributed by atoms with Crippen LogP contribution in [0.5, 0.6) is 0 Å². The van der Waals surface area contributed by atoms with Crippen LogP contribution in [0.2, 0.25) is 0 Å². The predicted molar refractivity (Wildman–Crippen MR) is 124 cm³/mol. The first kappa shape index (κ1) is 23.0. The van der Waals surface area contributed by atoms with Gasteiger partial charge in [-0.25, -0.2) is 8.42 Å². The molecule has 0 aliphatic carbocycles. The molecule has 166 valence electrons. The van der Waals surface area contributed by atoms with Gasteiger partial charge in [0.25, 0.3) is 5.91 Å². The first-order valence-corrected chi connectivity index (χ1v) is 11.5. The third-order valence-electron chi connectivity index (χ3n) is 4.62. The number of aromatic nitrogens is 1. The molecule has 0 aliphatic heterocycles. The average Bonchev–Trinajstić information content (AvgIpc) is 2.83. The number of sulfone groups is 1. The van der Waals surface area contributed by atoms with E-state index in [1.807, 2.05) is 19.1 Å². The molecule has 0 fully saturated rings. The maximum atomic E-state index is 12.9. The Morgan fingerprint density at radius 1 is 0.906 bits per heavy atom. The number of amides is 1. The van der Waals surface area contributed by atoms with Crippen molar-refractivity contribution < 1.29 is 13.2 Å². The molecule has 1 amide bonds. The van der Waals surface area contributed by atoms with Crippen LogP contribution in [0.3, 0.4) is 0 Å². The number of hydrogen-bond acceptors (Lipinski definition) is 5. The molecule has 0 saturated heterocycles. The van der Waals surface area contributed by atoms with Crippen LogP contribution in [0.1, 0.15) is 22.8 Å². The summed E-state index contributed by atoms with van der Waals surface area (Å²) in [6.07, 6.45) is 3.37. The predicted octanol–water partition coefficient (Wildman–Crippen LogP) is 2.85. The lowest BCUT2D eigenvalue weighted by atomic mass is 10.2. The molecular formula is C23H25N5O3S. The van der Waals surface area contributed by atoms with Crippen LogP contribution in [0.4, 0.5) is 5.69 Å². The summed E-state index contributed by atoms with van der Waals surface area (Å²) >= 11 is 0. The first-order chi connectivity index (χ1) is 15.4. The van der Waals surface area contributed by atoms with Crippen LogP contribution in [-0.2, 0) is 16.4 Å². The van der Waals surface area contributed by atoms with Crippen LogP contribution in [-0.4, -0.2) is 38.9 Å². The summed E-state index contributed by atoms with van der Waals surface area (Å²) in [5.41, 5.74) is 2.17. The molecule has 2 aromatic carbocycles. The number of carbonyl (C=O) groups is 1. The van der Waals surface area contributed by atoms with E-state index >= 15 is 0 Å². The minimum Gasteiger partial charge on any atom is -0.352 e. The Morgan fingerprint density at radius 3 is 2.06 bits per heavy atom. The molecular weight excluding hydrogens is 426 g/mol. The lowest BCUT2D eigenvalue weighted by Crippen LogP contribution is -2.30. The highest BCUT2D eigenvalue weighted by Crippen LogP contribution is 2.21. The molecule has 32 heavy (non-hydrogen) atoms. The van der Waals surface area contributed by atoms with Crippen molar-refractivity contribution in [2.75, 3.05) is 18.9 Å². The van der Waals surface area contributed by atoms with E-state index in [9.17, 15) is 13.2 Å². The largest absolute Gasteiger partial charge is 0.352 e. The summed E-state index contributed by atoms with van der Waals surface area (Å²) in [6, 6.07) is 16.2. The van der Waals surface area contributed by atoms with E-state index in [-0.39, 0.29) is 15.7 Å². The smallest absolute Gasteiger partial charge is 0.251 e. The van der Waals surface area contributed by atoms with Gasteiger partial charge in [-0.2, -0.15) is 0 Å². The van der Waals surface area contributed by atoms with E-state index in [0.29, 0.717) is 24.6 Å². The van der Waals surface area contributed by atoms with Gasteiger partial charge in [-0.15, -0.1) is 0 Å². The van der Waals surface area contributed by atoms with Gasteiger partial charge < -0.3 is 16.0 Å². The lowest BCUT2D eigenvalue weighted by Gasteiger charge is -2.12. The van der Waals surface area contributed by atoms with Crippen LogP contribution >= 0.6 is 0 Å². The molecule has 8 nitrogen and oxygen atoms in total. The molecule has 0 unspecified atom stereocenters. The maximum absolute atomic E-state index is 12.9. The molecule has 0 bridgehead atoms. The number of anilines is 1. The van der Waals surface area contributed by atoms with E-state index < -0.39 is 9.84 Å². The van der Waals surface area contributed by atoms with Crippen molar-refractivity contribution in [2.24, 2.45) is 4.99 Å². The molecule has 3 aromatic rings. The first-order valence-electron chi connectivity index (χ1n) is 10.0. The summed E-state index contributed by atoms with van der Waals surface area (Å²) in [6.45, 7) is 2.79. The number of pyridine rings is 1. The number of guanidine groups is 1. The molecule has 0 spiro atoms. The van der Waals surface area contributed by atoms with Crippen molar-refractivity contribution in [2.45, 2.75) is 23.3 Å². The number of hydrogen-bond donors (Lipinski definition) is 3. The van der Waals surface area contributed by atoms with Gasteiger partial charge in [-0.3, -0.25) is 14.8 Å². The number of benzene rings is 2. The number of rotatable bonds is 7. The van der Waals surface area contributed by atoms with Gasteiger partial charge in [0.05, 0.1) is 9.79 Å². The van der Waals surface area contributed by atoms with E-state index in [4.69, 9.17) is 0 Å². The van der Waals surface area contributed by atoms with Crippen molar-refractivity contribution in [3.8, 4) is 0 Å². The highest BCUT2D eigenvalue weighted by Gasteiger charge is 2.18. The summed E-state index contributed by atoms with van der Waals surface area (Å²) in [4.78, 5) is 20.3. The Bertz CT molecular complexity index is 1180. The standard InChI is InChI=1S/C23H25N5O3S/c1-3-26-22(29)18-6-10-21(11-7-18)32(30,31)20-8-4-17(5-9-20)16-27-23(24-2)28-19-12-14-25-15-13-19/h4-15H,3,16H2,1-2H3,(H,26,29)(H2,24,25,27,28). The van der Waals surface area contributed by atoms with Gasteiger partial charge in [0, 0.05) is 43.8 Å². The van der Waals surface area contributed by atoms with Gasteiger partial charge in [0.15, 0.2) is 5.96 Å². The highest BCUT2D eigenvalue weighted by atomic mass is 32.2. The minimum atomic E-state index is -3.68. The van der Waals surface area contributed by atoms with Crippen LogP contribution in [0, 0.1) is 0 Å². The Morgan fingerprint density at radius 2 is 1.50 bits per heavy atom. The van der Waals surface area contributed by atoms with Crippen LogP contribution in [0.25, 0.3) is 0 Å². The lowest BCUT2D eigenvalue weighted by molar-refractivity contribution is 0.0955. The summed E-state index contributed by atoms with van der Waals surface area (Å²) < 4.78 is 25.8. The van der Waals surface area contributed by atoms with Crippen molar-refractivity contribution in [3.63, 3.8) is 0 Å². The number of nitrogens with one attached hydrogen (secondary N) is 3. The second-order valence-corrected chi connectivity index (χ2v) is 8.77. The summed E-state index contributed by atoms with van der Waals surface area (Å²) in [7, 11) is -2.01. The van der Waals surface area contributed by atoms with Crippen molar-refractivity contribution in [1.29, 1.82) is 0 Å². The fourth-order valence-electron chi connectivity index (χ4n) is 2.91. The van der Waals surface area contributed by atoms with E-state index in [0.717, 1.165) is 11.3 Å². The second kappa shape index (κ2) is 10.5. The number of aliphatic imine (C=N–C) groups is 1. The van der Waals surface area contributed by atoms with Crippen molar-refractivity contribution in [1.82, 2.24) is 15.6 Å². The summed E-state index contributed by atoms with van der Waals surface area (Å²) in [5.74, 6) is 0.349. The molecule has 0 saturated carbocycles. The fourth-order valence-corrected chi connectivity index (χ4v) is 4.17. The molecule has 9 heteroatoms. The van der Waals surface area contributed by atoms with Gasteiger partial charge in [-0.05, 0) is 61.0 Å². The Balaban J connectivity index is 1.66. The molecule has 0 radical (unpaired) electrons.